The van der Waals surface area contributed by atoms with Crippen molar-refractivity contribution in [3.63, 3.8) is 0 Å². The van der Waals surface area contributed by atoms with Crippen LogP contribution < -0.4 is 5.32 Å². The summed E-state index contributed by atoms with van der Waals surface area (Å²) in [6.45, 7) is 6.56. The zero-order valence-corrected chi connectivity index (χ0v) is 11.6. The third kappa shape index (κ3) is 2.16. The molecule has 16 heavy (non-hydrogen) atoms. The minimum Gasteiger partial charge on any atom is -0.309 e. The largest absolute Gasteiger partial charge is 0.309 e. The maximum absolute atomic E-state index is 4.72. The van der Waals surface area contributed by atoms with Crippen molar-refractivity contribution in [2.45, 2.75) is 52.0 Å². The van der Waals surface area contributed by atoms with Gasteiger partial charge in [-0.1, -0.05) is 19.3 Å². The molecule has 1 aliphatic carbocycles. The summed E-state index contributed by atoms with van der Waals surface area (Å²) in [7, 11) is 2.06. The van der Waals surface area contributed by atoms with Crippen LogP contribution in [0.25, 0.3) is 0 Å². The highest BCUT2D eigenvalue weighted by molar-refractivity contribution is 7.11. The van der Waals surface area contributed by atoms with E-state index in [9.17, 15) is 0 Å². The Bertz CT molecular complexity index is 349. The summed E-state index contributed by atoms with van der Waals surface area (Å²) in [5, 5.41) is 4.74. The van der Waals surface area contributed by atoms with Crippen LogP contribution in [-0.4, -0.2) is 12.0 Å². The zero-order valence-electron chi connectivity index (χ0n) is 10.8. The van der Waals surface area contributed by atoms with Crippen LogP contribution in [-0.2, 0) is 5.54 Å². The molecule has 90 valence electrons. The van der Waals surface area contributed by atoms with Crippen molar-refractivity contribution in [1.82, 2.24) is 10.3 Å². The maximum Gasteiger partial charge on any atom is 0.113 e. The van der Waals surface area contributed by atoms with Crippen molar-refractivity contribution in [2.75, 3.05) is 7.05 Å². The highest BCUT2D eigenvalue weighted by Crippen LogP contribution is 2.39. The van der Waals surface area contributed by atoms with Crippen LogP contribution in [0.4, 0.5) is 0 Å². The van der Waals surface area contributed by atoms with Gasteiger partial charge in [0.1, 0.15) is 5.01 Å². The number of aromatic nitrogens is 1. The molecule has 1 fully saturated rings. The van der Waals surface area contributed by atoms with Gasteiger partial charge in [-0.25, -0.2) is 4.98 Å². The fourth-order valence-corrected chi connectivity index (χ4v) is 3.36. The molecule has 1 unspecified atom stereocenters. The highest BCUT2D eigenvalue weighted by Gasteiger charge is 2.33. The third-order valence-electron chi connectivity index (χ3n) is 3.97. The van der Waals surface area contributed by atoms with E-state index >= 15 is 0 Å². The second kappa shape index (κ2) is 4.46. The van der Waals surface area contributed by atoms with Gasteiger partial charge in [0.05, 0.1) is 11.2 Å². The molecule has 1 heterocycles. The summed E-state index contributed by atoms with van der Waals surface area (Å²) in [6, 6.07) is 0. The lowest BCUT2D eigenvalue weighted by molar-refractivity contribution is 0.211. The first-order valence-corrected chi connectivity index (χ1v) is 7.00. The van der Waals surface area contributed by atoms with Gasteiger partial charge in [0.15, 0.2) is 0 Å². The molecule has 0 aromatic carbocycles. The molecule has 1 aliphatic rings. The van der Waals surface area contributed by atoms with E-state index in [1.165, 1.54) is 41.3 Å². The van der Waals surface area contributed by atoms with E-state index in [2.05, 4.69) is 33.1 Å². The van der Waals surface area contributed by atoms with Gasteiger partial charge in [0.25, 0.3) is 0 Å². The number of nitrogens with one attached hydrogen (secondary N) is 1. The molecular formula is C13H22N2S. The lowest BCUT2D eigenvalue weighted by Gasteiger charge is -2.35. The first-order valence-electron chi connectivity index (χ1n) is 6.18. The standard InChI is InChI=1S/C13H22N2S/c1-9-10(2)16-12(15-9)13(3,14-4)8-11-6-5-7-11/h11,14H,5-8H2,1-4H3. The van der Waals surface area contributed by atoms with Crippen molar-refractivity contribution in [3.8, 4) is 0 Å². The van der Waals surface area contributed by atoms with Crippen molar-refractivity contribution in [1.29, 1.82) is 0 Å². The summed E-state index contributed by atoms with van der Waals surface area (Å²) >= 11 is 1.85. The van der Waals surface area contributed by atoms with Gasteiger partial charge in [0, 0.05) is 4.88 Å². The van der Waals surface area contributed by atoms with Gasteiger partial charge in [-0.15, -0.1) is 11.3 Å². The molecule has 2 nitrogen and oxygen atoms in total. The van der Waals surface area contributed by atoms with E-state index in [1.807, 2.05) is 11.3 Å². The second-order valence-corrected chi connectivity index (χ2v) is 6.45. The average molecular weight is 238 g/mol. The normalized spacial score (nSPS) is 20.5. The summed E-state index contributed by atoms with van der Waals surface area (Å²) in [4.78, 5) is 6.07. The van der Waals surface area contributed by atoms with Crippen LogP contribution >= 0.6 is 11.3 Å². The number of thiazole rings is 1. The molecule has 1 aromatic heterocycles. The van der Waals surface area contributed by atoms with Crippen molar-refractivity contribution in [3.05, 3.63) is 15.6 Å². The Morgan fingerprint density at radius 3 is 2.50 bits per heavy atom. The maximum atomic E-state index is 4.72. The fraction of sp³-hybridized carbons (Fsp3) is 0.769. The van der Waals surface area contributed by atoms with Crippen LogP contribution in [0, 0.1) is 19.8 Å². The summed E-state index contributed by atoms with van der Waals surface area (Å²) in [5.41, 5.74) is 1.27. The predicted octanol–water partition coefficient (Wildman–Crippen LogP) is 3.38. The number of nitrogens with zero attached hydrogens (tertiary/aromatic N) is 1. The Kier molecular flexibility index (Phi) is 3.36. The molecule has 0 saturated heterocycles. The molecule has 1 N–H and O–H groups in total. The van der Waals surface area contributed by atoms with Gasteiger partial charge in [0.2, 0.25) is 0 Å². The van der Waals surface area contributed by atoms with Crippen LogP contribution in [0.5, 0.6) is 0 Å². The lowest BCUT2D eigenvalue weighted by Crippen LogP contribution is -2.39. The number of rotatable bonds is 4. The molecule has 1 saturated carbocycles. The molecular weight excluding hydrogens is 216 g/mol. The summed E-state index contributed by atoms with van der Waals surface area (Å²) in [5.74, 6) is 0.905. The Morgan fingerprint density at radius 2 is 2.12 bits per heavy atom. The number of hydrogen-bond acceptors (Lipinski definition) is 3. The molecule has 0 radical (unpaired) electrons. The predicted molar refractivity (Wildman–Crippen MR) is 70.0 cm³/mol. The van der Waals surface area contributed by atoms with Gasteiger partial charge in [-0.2, -0.15) is 0 Å². The quantitative estimate of drug-likeness (QED) is 0.870. The van der Waals surface area contributed by atoms with Crippen LogP contribution in [0.3, 0.4) is 0 Å². The van der Waals surface area contributed by atoms with Crippen LogP contribution in [0.15, 0.2) is 0 Å². The fourth-order valence-electron chi connectivity index (χ4n) is 2.28. The second-order valence-electron chi connectivity index (χ2n) is 5.24. The van der Waals surface area contributed by atoms with E-state index in [-0.39, 0.29) is 5.54 Å². The van der Waals surface area contributed by atoms with Crippen LogP contribution in [0.2, 0.25) is 0 Å². The Balaban J connectivity index is 2.18. The Hall–Kier alpha value is -0.410. The lowest BCUT2D eigenvalue weighted by atomic mass is 9.77. The molecule has 1 aromatic rings. The van der Waals surface area contributed by atoms with E-state index < -0.39 is 0 Å². The summed E-state index contributed by atoms with van der Waals surface area (Å²) in [6.07, 6.45) is 5.46. The third-order valence-corrected chi connectivity index (χ3v) is 5.31. The van der Waals surface area contributed by atoms with Gasteiger partial charge < -0.3 is 5.32 Å². The minimum absolute atomic E-state index is 0.0781. The Labute approximate surface area is 102 Å². The topological polar surface area (TPSA) is 24.9 Å². The number of hydrogen-bond donors (Lipinski definition) is 1. The van der Waals surface area contributed by atoms with Crippen molar-refractivity contribution in [2.24, 2.45) is 5.92 Å². The van der Waals surface area contributed by atoms with E-state index in [0.717, 1.165) is 5.92 Å². The highest BCUT2D eigenvalue weighted by atomic mass is 32.1. The van der Waals surface area contributed by atoms with E-state index in [1.54, 1.807) is 0 Å². The molecule has 1 atom stereocenters. The van der Waals surface area contributed by atoms with Crippen LogP contribution in [0.1, 0.15) is 48.2 Å². The molecule has 2 rings (SSSR count). The SMILES string of the molecule is CNC(C)(CC1CCC1)c1nc(C)c(C)s1. The van der Waals surface area contributed by atoms with Gasteiger partial charge >= 0.3 is 0 Å². The monoisotopic (exact) mass is 238 g/mol. The Morgan fingerprint density at radius 1 is 1.44 bits per heavy atom. The first kappa shape index (κ1) is 12.1. The number of aryl methyl sites for hydroxylation is 2. The average Bonchev–Trinajstić information content (AvgIpc) is 2.53. The molecule has 0 aliphatic heterocycles. The molecule has 0 amide bonds. The summed E-state index contributed by atoms with van der Waals surface area (Å²) < 4.78 is 0. The van der Waals surface area contributed by atoms with Crippen molar-refractivity contribution < 1.29 is 0 Å². The first-order chi connectivity index (χ1) is 7.55. The van der Waals surface area contributed by atoms with Gasteiger partial charge in [-0.3, -0.25) is 0 Å². The van der Waals surface area contributed by atoms with E-state index in [4.69, 9.17) is 4.98 Å². The van der Waals surface area contributed by atoms with E-state index in [0.29, 0.717) is 0 Å². The minimum atomic E-state index is 0.0781. The molecule has 0 spiro atoms. The molecule has 3 heteroatoms. The zero-order chi connectivity index (χ0) is 11.8. The van der Waals surface area contributed by atoms with Crippen molar-refractivity contribution >= 4 is 11.3 Å². The molecule has 0 bridgehead atoms. The van der Waals surface area contributed by atoms with Gasteiger partial charge in [-0.05, 0) is 40.2 Å². The smallest absolute Gasteiger partial charge is 0.113 e.